The first-order valence-corrected chi connectivity index (χ1v) is 14.0. The van der Waals surface area contributed by atoms with E-state index >= 15 is 0 Å². The number of anilines is 1. The van der Waals surface area contributed by atoms with Gasteiger partial charge in [-0.25, -0.2) is 0 Å². The second-order valence-electron chi connectivity index (χ2n) is 10.3. The van der Waals surface area contributed by atoms with E-state index in [0.29, 0.717) is 13.1 Å². The zero-order chi connectivity index (χ0) is 25.5. The highest BCUT2D eigenvalue weighted by molar-refractivity contribution is 5.94. The fraction of sp³-hybridized carbons (Fsp3) is 0.452. The summed E-state index contributed by atoms with van der Waals surface area (Å²) in [6.07, 6.45) is 9.25. The number of rotatable bonds is 9. The Labute approximate surface area is 219 Å². The van der Waals surface area contributed by atoms with Gasteiger partial charge in [-0.3, -0.25) is 14.6 Å². The number of carbonyl (C=O) groups is 2. The average Bonchev–Trinajstić information content (AvgIpc) is 2.96. The van der Waals surface area contributed by atoms with Gasteiger partial charge in [-0.15, -0.1) is 0 Å². The number of fused-ring (bicyclic) bond motifs is 2. The van der Waals surface area contributed by atoms with Gasteiger partial charge in [0.05, 0.1) is 5.52 Å². The quantitative estimate of drug-likeness (QED) is 0.389. The molecule has 0 bridgehead atoms. The Balaban J connectivity index is 1.01. The molecule has 0 unspecified atom stereocenters. The number of nitrogens with zero attached hydrogens (tertiary/aromatic N) is 2. The van der Waals surface area contributed by atoms with Crippen LogP contribution in [0.1, 0.15) is 66.6 Å². The van der Waals surface area contributed by atoms with E-state index < -0.39 is 0 Å². The molecule has 37 heavy (non-hydrogen) atoms. The van der Waals surface area contributed by atoms with Crippen molar-refractivity contribution in [3.05, 3.63) is 71.4 Å². The van der Waals surface area contributed by atoms with Crippen LogP contribution in [0.5, 0.6) is 0 Å². The minimum absolute atomic E-state index is 0.00707. The van der Waals surface area contributed by atoms with Crippen LogP contribution in [0.25, 0.3) is 10.9 Å². The molecule has 5 rings (SSSR count). The van der Waals surface area contributed by atoms with Crippen molar-refractivity contribution in [2.75, 3.05) is 31.5 Å². The standard InChI is InChI=1S/C31H38N4O2/c36-30(23-17-21-35(22-18-23)31(37)24-11-3-1-4-12-24)33-20-10-2-9-19-32-29-25-13-5-7-15-27(25)34-28-16-8-6-14-26(28)29/h1,3-5,7,11-13,15,23H,2,6,8-10,14,16-22H2,(H,32,34)(H,33,36). The minimum atomic E-state index is 0.00707. The van der Waals surface area contributed by atoms with E-state index in [4.69, 9.17) is 4.98 Å². The highest BCUT2D eigenvalue weighted by Crippen LogP contribution is 2.33. The molecule has 1 fully saturated rings. The molecule has 1 aliphatic carbocycles. The first-order valence-electron chi connectivity index (χ1n) is 14.0. The Morgan fingerprint density at radius 2 is 1.59 bits per heavy atom. The van der Waals surface area contributed by atoms with Crippen LogP contribution in [-0.4, -0.2) is 47.9 Å². The van der Waals surface area contributed by atoms with E-state index in [1.807, 2.05) is 35.2 Å². The third kappa shape index (κ3) is 6.12. The molecule has 1 aliphatic heterocycles. The molecule has 2 aromatic carbocycles. The summed E-state index contributed by atoms with van der Waals surface area (Å²) in [4.78, 5) is 32.1. The van der Waals surface area contributed by atoms with Crippen LogP contribution in [0.2, 0.25) is 0 Å². The lowest BCUT2D eigenvalue weighted by molar-refractivity contribution is -0.126. The van der Waals surface area contributed by atoms with Gasteiger partial charge in [-0.05, 0) is 81.5 Å². The Bertz CT molecular complexity index is 1220. The lowest BCUT2D eigenvalue weighted by atomic mass is 9.92. The zero-order valence-electron chi connectivity index (χ0n) is 21.7. The molecule has 194 valence electrons. The van der Waals surface area contributed by atoms with Gasteiger partial charge >= 0.3 is 0 Å². The number of amides is 2. The number of piperidine rings is 1. The number of nitrogens with one attached hydrogen (secondary N) is 2. The van der Waals surface area contributed by atoms with Crippen molar-refractivity contribution in [3.8, 4) is 0 Å². The third-order valence-electron chi connectivity index (χ3n) is 7.80. The summed E-state index contributed by atoms with van der Waals surface area (Å²) in [7, 11) is 0. The predicted octanol–water partition coefficient (Wildman–Crippen LogP) is 5.36. The summed E-state index contributed by atoms with van der Waals surface area (Å²) in [5.41, 5.74) is 5.77. The number of hydrogen-bond donors (Lipinski definition) is 2. The molecule has 2 heterocycles. The molecule has 6 heteroatoms. The zero-order valence-corrected chi connectivity index (χ0v) is 21.7. The van der Waals surface area contributed by atoms with E-state index in [9.17, 15) is 9.59 Å². The van der Waals surface area contributed by atoms with Crippen molar-refractivity contribution in [1.29, 1.82) is 0 Å². The molecule has 0 atom stereocenters. The van der Waals surface area contributed by atoms with E-state index in [-0.39, 0.29) is 17.7 Å². The highest BCUT2D eigenvalue weighted by atomic mass is 16.2. The molecule has 0 spiro atoms. The highest BCUT2D eigenvalue weighted by Gasteiger charge is 2.27. The molecule has 6 nitrogen and oxygen atoms in total. The number of likely N-dealkylation sites (tertiary alicyclic amines) is 1. The van der Waals surface area contributed by atoms with Gasteiger partial charge in [-0.2, -0.15) is 0 Å². The van der Waals surface area contributed by atoms with Crippen LogP contribution < -0.4 is 10.6 Å². The fourth-order valence-corrected chi connectivity index (χ4v) is 5.68. The summed E-state index contributed by atoms with van der Waals surface area (Å²) < 4.78 is 0. The summed E-state index contributed by atoms with van der Waals surface area (Å²) in [6, 6.07) is 17.8. The van der Waals surface area contributed by atoms with Crippen LogP contribution in [0, 0.1) is 5.92 Å². The predicted molar refractivity (Wildman–Crippen MR) is 149 cm³/mol. The Hall–Kier alpha value is -3.41. The van der Waals surface area contributed by atoms with Gasteiger partial charge in [0.2, 0.25) is 5.91 Å². The van der Waals surface area contributed by atoms with Gasteiger partial charge < -0.3 is 15.5 Å². The van der Waals surface area contributed by atoms with Gasteiger partial charge in [-0.1, -0.05) is 36.4 Å². The largest absolute Gasteiger partial charge is 0.384 e. The SMILES string of the molecule is O=C(NCCCCCNc1c2c(nc3ccccc13)CCCC2)C1CCN(C(=O)c2ccccc2)CC1. The smallest absolute Gasteiger partial charge is 0.253 e. The summed E-state index contributed by atoms with van der Waals surface area (Å²) >= 11 is 0. The van der Waals surface area contributed by atoms with Crippen molar-refractivity contribution in [1.82, 2.24) is 15.2 Å². The maximum absolute atomic E-state index is 12.6. The second-order valence-corrected chi connectivity index (χ2v) is 10.3. The maximum atomic E-state index is 12.6. The summed E-state index contributed by atoms with van der Waals surface area (Å²) in [6.45, 7) is 2.94. The first-order chi connectivity index (χ1) is 18.2. The Kier molecular flexibility index (Phi) is 8.34. The number of hydrogen-bond acceptors (Lipinski definition) is 4. The molecule has 1 saturated heterocycles. The minimum Gasteiger partial charge on any atom is -0.384 e. The molecule has 2 aliphatic rings. The van der Waals surface area contributed by atoms with Crippen LogP contribution in [0.3, 0.4) is 0 Å². The number of benzene rings is 2. The summed E-state index contributed by atoms with van der Waals surface area (Å²) in [5, 5.41) is 8.09. The molecule has 0 radical (unpaired) electrons. The number of pyridine rings is 1. The molecule has 2 N–H and O–H groups in total. The van der Waals surface area contributed by atoms with Gasteiger partial charge in [0.25, 0.3) is 5.91 Å². The summed E-state index contributed by atoms with van der Waals surface area (Å²) in [5.74, 6) is 0.209. The van der Waals surface area contributed by atoms with E-state index in [1.165, 1.54) is 35.2 Å². The molecular formula is C31H38N4O2. The van der Waals surface area contributed by atoms with Crippen LogP contribution in [-0.2, 0) is 17.6 Å². The van der Waals surface area contributed by atoms with Crippen molar-refractivity contribution in [2.45, 2.75) is 57.8 Å². The van der Waals surface area contributed by atoms with Crippen LogP contribution in [0.4, 0.5) is 5.69 Å². The molecule has 2 amide bonds. The normalized spacial score (nSPS) is 15.8. The fourth-order valence-electron chi connectivity index (χ4n) is 5.68. The first kappa shape index (κ1) is 25.2. The Morgan fingerprint density at radius 3 is 2.43 bits per heavy atom. The van der Waals surface area contributed by atoms with E-state index in [0.717, 1.165) is 69.1 Å². The van der Waals surface area contributed by atoms with Crippen molar-refractivity contribution in [3.63, 3.8) is 0 Å². The van der Waals surface area contributed by atoms with Crippen molar-refractivity contribution < 1.29 is 9.59 Å². The third-order valence-corrected chi connectivity index (χ3v) is 7.80. The lowest BCUT2D eigenvalue weighted by Gasteiger charge is -2.31. The average molecular weight is 499 g/mol. The van der Waals surface area contributed by atoms with Crippen LogP contribution >= 0.6 is 0 Å². The second kappa shape index (κ2) is 12.2. The number of carbonyl (C=O) groups excluding carboxylic acids is 2. The van der Waals surface area contributed by atoms with E-state index in [1.54, 1.807) is 0 Å². The number of aryl methyl sites for hydroxylation is 1. The molecule has 3 aromatic rings. The van der Waals surface area contributed by atoms with Gasteiger partial charge in [0.15, 0.2) is 0 Å². The van der Waals surface area contributed by atoms with Gasteiger partial charge in [0.1, 0.15) is 0 Å². The monoisotopic (exact) mass is 498 g/mol. The molecule has 1 aromatic heterocycles. The topological polar surface area (TPSA) is 74.3 Å². The van der Waals surface area contributed by atoms with Gasteiger partial charge in [0, 0.05) is 54.4 Å². The number of aromatic nitrogens is 1. The van der Waals surface area contributed by atoms with Crippen molar-refractivity contribution in [2.24, 2.45) is 5.92 Å². The molecular weight excluding hydrogens is 460 g/mol. The number of unbranched alkanes of at least 4 members (excludes halogenated alkanes) is 2. The van der Waals surface area contributed by atoms with E-state index in [2.05, 4.69) is 34.9 Å². The lowest BCUT2D eigenvalue weighted by Crippen LogP contribution is -2.43. The maximum Gasteiger partial charge on any atom is 0.253 e. The number of para-hydroxylation sites is 1. The van der Waals surface area contributed by atoms with Crippen LogP contribution in [0.15, 0.2) is 54.6 Å². The Morgan fingerprint density at radius 1 is 0.865 bits per heavy atom. The molecule has 0 saturated carbocycles. The van der Waals surface area contributed by atoms with Crippen molar-refractivity contribution >= 4 is 28.4 Å².